The summed E-state index contributed by atoms with van der Waals surface area (Å²) < 4.78 is 37.4. The highest BCUT2D eigenvalue weighted by molar-refractivity contribution is 14.1. The van der Waals surface area contributed by atoms with Gasteiger partial charge in [-0.1, -0.05) is 71.1 Å². The molecule has 45 heavy (non-hydrogen) atoms. The standard InChI is InChI=1S/C31H34INO12/c1-16(34)40-15-25-27(43-17(2)35)28(44-18(3)36)26(32)30(45-25)41-14-24(29(37)39-4)33-31(38)42-13-23-21-11-7-5-9-19(21)20-10-6-8-12-22(20)23/h5-12,23-28,30H,13-15H2,1-4H3,(H,33,38)/t24-,25+,26-,27+,28+,30-/m0/s1. The summed E-state index contributed by atoms with van der Waals surface area (Å²) in [5, 5.41) is 2.48. The van der Waals surface area contributed by atoms with Crippen molar-refractivity contribution in [1.29, 1.82) is 0 Å². The molecule has 0 saturated carbocycles. The maximum Gasteiger partial charge on any atom is 0.407 e. The van der Waals surface area contributed by atoms with Gasteiger partial charge in [0, 0.05) is 26.7 Å². The molecule has 242 valence electrons. The van der Waals surface area contributed by atoms with E-state index in [-0.39, 0.29) is 19.1 Å². The number of nitrogens with one attached hydrogen (secondary N) is 1. The van der Waals surface area contributed by atoms with Gasteiger partial charge >= 0.3 is 30.0 Å². The molecule has 0 radical (unpaired) electrons. The molecule has 0 bridgehead atoms. The number of methoxy groups -OCH3 is 1. The van der Waals surface area contributed by atoms with E-state index in [9.17, 15) is 24.0 Å². The first-order valence-corrected chi connectivity index (χ1v) is 15.3. The molecule has 0 spiro atoms. The van der Waals surface area contributed by atoms with Crippen molar-refractivity contribution in [1.82, 2.24) is 5.32 Å². The van der Waals surface area contributed by atoms with Crippen LogP contribution in [0, 0.1) is 0 Å². The number of alkyl halides is 1. The number of esters is 4. The van der Waals surface area contributed by atoms with Crippen LogP contribution in [-0.2, 0) is 52.3 Å². The average molecular weight is 740 g/mol. The van der Waals surface area contributed by atoms with Crippen LogP contribution in [0.2, 0.25) is 0 Å². The number of carbonyl (C=O) groups is 5. The Morgan fingerprint density at radius 2 is 1.40 bits per heavy atom. The van der Waals surface area contributed by atoms with Crippen molar-refractivity contribution in [2.45, 2.75) is 61.3 Å². The molecule has 1 amide bonds. The second-order valence-electron chi connectivity index (χ2n) is 10.3. The van der Waals surface area contributed by atoms with E-state index in [0.717, 1.165) is 29.4 Å². The normalized spacial score (nSPS) is 22.6. The maximum absolute atomic E-state index is 12.9. The number of ether oxygens (including phenoxy) is 7. The summed E-state index contributed by atoms with van der Waals surface area (Å²) in [5.41, 5.74) is 4.19. The van der Waals surface area contributed by atoms with Gasteiger partial charge < -0.3 is 38.5 Å². The third-order valence-electron chi connectivity index (χ3n) is 7.18. The van der Waals surface area contributed by atoms with Gasteiger partial charge in [0.25, 0.3) is 0 Å². The van der Waals surface area contributed by atoms with Crippen LogP contribution in [0.15, 0.2) is 48.5 Å². The molecule has 0 unspecified atom stereocenters. The van der Waals surface area contributed by atoms with Gasteiger partial charge in [0.15, 0.2) is 24.5 Å². The Morgan fingerprint density at radius 1 is 0.822 bits per heavy atom. The number of benzene rings is 2. The van der Waals surface area contributed by atoms with Gasteiger partial charge in [0.05, 0.1) is 13.7 Å². The quantitative estimate of drug-likeness (QED) is 0.156. The number of hydrogen-bond acceptors (Lipinski definition) is 12. The summed E-state index contributed by atoms with van der Waals surface area (Å²) in [4.78, 5) is 60.8. The Kier molecular flexibility index (Phi) is 11.7. The number of amides is 1. The molecule has 1 aliphatic heterocycles. The highest BCUT2D eigenvalue weighted by atomic mass is 127. The van der Waals surface area contributed by atoms with E-state index in [2.05, 4.69) is 5.32 Å². The van der Waals surface area contributed by atoms with Gasteiger partial charge in [-0.25, -0.2) is 9.59 Å². The van der Waals surface area contributed by atoms with Crippen LogP contribution in [0.5, 0.6) is 0 Å². The molecular formula is C31H34INO12. The van der Waals surface area contributed by atoms with Crippen molar-refractivity contribution >= 4 is 52.6 Å². The Labute approximate surface area is 273 Å². The molecule has 1 aliphatic carbocycles. The fourth-order valence-electron chi connectivity index (χ4n) is 5.28. The van der Waals surface area contributed by atoms with E-state index < -0.39 is 71.1 Å². The van der Waals surface area contributed by atoms with E-state index in [1.54, 1.807) is 0 Å². The van der Waals surface area contributed by atoms with Gasteiger partial charge in [0.2, 0.25) is 0 Å². The molecule has 14 heteroatoms. The van der Waals surface area contributed by atoms with Crippen LogP contribution >= 0.6 is 22.6 Å². The number of rotatable bonds is 11. The molecule has 4 rings (SSSR count). The van der Waals surface area contributed by atoms with E-state index in [1.165, 1.54) is 20.8 Å². The smallest absolute Gasteiger partial charge is 0.407 e. The molecule has 0 aromatic heterocycles. The fourth-order valence-corrected chi connectivity index (χ4v) is 6.21. The molecule has 1 fully saturated rings. The molecule has 1 heterocycles. The lowest BCUT2D eigenvalue weighted by molar-refractivity contribution is -0.261. The van der Waals surface area contributed by atoms with Crippen molar-refractivity contribution in [3.63, 3.8) is 0 Å². The summed E-state index contributed by atoms with van der Waals surface area (Å²) in [6, 6.07) is 14.5. The lowest BCUT2D eigenvalue weighted by Gasteiger charge is -2.43. The largest absolute Gasteiger partial charge is 0.467 e. The lowest BCUT2D eigenvalue weighted by atomic mass is 9.98. The Balaban J connectivity index is 1.43. The topological polar surface area (TPSA) is 162 Å². The lowest BCUT2D eigenvalue weighted by Crippen LogP contribution is -2.60. The number of fused-ring (bicyclic) bond motifs is 3. The van der Waals surface area contributed by atoms with Crippen LogP contribution in [0.3, 0.4) is 0 Å². The van der Waals surface area contributed by atoms with Crippen LogP contribution in [-0.4, -0.2) is 91.5 Å². The van der Waals surface area contributed by atoms with Gasteiger partial charge in [-0.15, -0.1) is 0 Å². The van der Waals surface area contributed by atoms with E-state index in [0.29, 0.717) is 0 Å². The summed E-state index contributed by atoms with van der Waals surface area (Å²) in [7, 11) is 1.16. The zero-order chi connectivity index (χ0) is 32.7. The minimum Gasteiger partial charge on any atom is -0.467 e. The van der Waals surface area contributed by atoms with Gasteiger partial charge in [-0.3, -0.25) is 14.4 Å². The predicted octanol–water partition coefficient (Wildman–Crippen LogP) is 3.04. The SMILES string of the molecule is COC(=O)[C@H](CO[C@H]1O[C@H](COC(C)=O)[C@@H](OC(C)=O)[C@H](OC(C)=O)[C@@H]1I)NC(=O)OCC1c2ccccc2-c2ccccc21. The third-order valence-corrected chi connectivity index (χ3v) is 8.47. The van der Waals surface area contributed by atoms with Gasteiger partial charge in [0.1, 0.15) is 23.2 Å². The van der Waals surface area contributed by atoms with Crippen molar-refractivity contribution in [2.75, 3.05) is 26.9 Å². The molecule has 2 aromatic rings. The first kappa shape index (κ1) is 34.1. The monoisotopic (exact) mass is 739 g/mol. The molecular weight excluding hydrogens is 705 g/mol. The highest BCUT2D eigenvalue weighted by Gasteiger charge is 2.50. The minimum absolute atomic E-state index is 0.0234. The van der Waals surface area contributed by atoms with E-state index in [4.69, 9.17) is 33.2 Å². The van der Waals surface area contributed by atoms with Crippen molar-refractivity contribution in [3.8, 4) is 11.1 Å². The third kappa shape index (κ3) is 8.49. The van der Waals surface area contributed by atoms with Crippen molar-refractivity contribution in [3.05, 3.63) is 59.7 Å². The number of carbonyl (C=O) groups excluding carboxylic acids is 5. The van der Waals surface area contributed by atoms with Crippen LogP contribution in [0.4, 0.5) is 4.79 Å². The maximum atomic E-state index is 12.9. The zero-order valence-electron chi connectivity index (χ0n) is 25.1. The Hall–Kier alpha value is -3.76. The number of hydrogen-bond donors (Lipinski definition) is 1. The number of halogens is 1. The first-order chi connectivity index (χ1) is 21.5. The zero-order valence-corrected chi connectivity index (χ0v) is 27.2. The summed E-state index contributed by atoms with van der Waals surface area (Å²) >= 11 is 1.91. The first-order valence-electron chi connectivity index (χ1n) is 14.1. The molecule has 13 nitrogen and oxygen atoms in total. The van der Waals surface area contributed by atoms with Crippen LogP contribution in [0.25, 0.3) is 11.1 Å². The van der Waals surface area contributed by atoms with Gasteiger partial charge in [-0.05, 0) is 22.3 Å². The molecule has 2 aromatic carbocycles. The van der Waals surface area contributed by atoms with Gasteiger partial charge in [-0.2, -0.15) is 0 Å². The minimum atomic E-state index is -1.30. The van der Waals surface area contributed by atoms with Crippen LogP contribution < -0.4 is 5.32 Å². The number of alkyl carbamates (subject to hydrolysis) is 1. The molecule has 2 aliphatic rings. The summed E-state index contributed by atoms with van der Waals surface area (Å²) in [5.74, 6) is -2.94. The molecule has 1 saturated heterocycles. The predicted molar refractivity (Wildman–Crippen MR) is 164 cm³/mol. The molecule has 1 N–H and O–H groups in total. The highest BCUT2D eigenvalue weighted by Crippen LogP contribution is 2.44. The summed E-state index contributed by atoms with van der Waals surface area (Å²) in [6.07, 6.45) is -5.28. The fraction of sp³-hybridized carbons (Fsp3) is 0.452. The Morgan fingerprint density at radius 3 is 1.96 bits per heavy atom. The average Bonchev–Trinajstić information content (AvgIpc) is 3.32. The molecule has 6 atom stereocenters. The van der Waals surface area contributed by atoms with E-state index in [1.807, 2.05) is 71.1 Å². The van der Waals surface area contributed by atoms with E-state index >= 15 is 0 Å². The second-order valence-corrected chi connectivity index (χ2v) is 11.8. The van der Waals surface area contributed by atoms with Crippen LogP contribution in [0.1, 0.15) is 37.8 Å². The second kappa shape index (κ2) is 15.5. The van der Waals surface area contributed by atoms with Crippen molar-refractivity contribution < 1.29 is 57.1 Å². The summed E-state index contributed by atoms with van der Waals surface area (Å²) in [6.45, 7) is 2.81. The Bertz CT molecular complexity index is 1370. The van der Waals surface area contributed by atoms with Crippen molar-refractivity contribution in [2.24, 2.45) is 0 Å².